The number of hydrogen-bond acceptors (Lipinski definition) is 4. The molecule has 88 valence electrons. The maximum absolute atomic E-state index is 11.9. The Labute approximate surface area is 98.7 Å². The smallest absolute Gasteiger partial charge is 0.250 e. The lowest BCUT2D eigenvalue weighted by Crippen LogP contribution is -2.24. The number of aryl methyl sites for hydroxylation is 1. The lowest BCUT2D eigenvalue weighted by Gasteiger charge is -2.11. The van der Waals surface area contributed by atoms with Crippen LogP contribution in [0.15, 0.2) is 31.0 Å². The number of nitrogens with zero attached hydrogens (tertiary/aromatic N) is 4. The van der Waals surface area contributed by atoms with Gasteiger partial charge in [-0.3, -0.25) is 4.79 Å². The molecule has 0 saturated heterocycles. The van der Waals surface area contributed by atoms with Crippen LogP contribution < -0.4 is 5.32 Å². The summed E-state index contributed by atoms with van der Waals surface area (Å²) < 4.78 is 1.49. The van der Waals surface area contributed by atoms with Gasteiger partial charge in [-0.1, -0.05) is 0 Å². The molecule has 0 fully saturated rings. The molecule has 0 saturated carbocycles. The highest BCUT2D eigenvalue weighted by molar-refractivity contribution is 5.92. The second kappa shape index (κ2) is 4.73. The van der Waals surface area contributed by atoms with Crippen LogP contribution in [0.25, 0.3) is 0 Å². The van der Waals surface area contributed by atoms with Crippen LogP contribution in [-0.4, -0.2) is 25.7 Å². The molecule has 0 spiro atoms. The Bertz CT molecular complexity index is 508. The molecule has 2 aromatic rings. The largest absolute Gasteiger partial charge is 0.309 e. The molecule has 1 unspecified atom stereocenters. The first-order valence-corrected chi connectivity index (χ1v) is 5.24. The molecule has 0 aliphatic heterocycles. The van der Waals surface area contributed by atoms with E-state index in [0.29, 0.717) is 5.82 Å². The minimum atomic E-state index is -0.417. The Kier molecular flexibility index (Phi) is 3.13. The van der Waals surface area contributed by atoms with Gasteiger partial charge in [-0.15, -0.1) is 0 Å². The summed E-state index contributed by atoms with van der Waals surface area (Å²) in [7, 11) is 0. The van der Waals surface area contributed by atoms with Crippen LogP contribution in [0.2, 0.25) is 0 Å². The van der Waals surface area contributed by atoms with E-state index in [1.807, 2.05) is 19.1 Å². The summed E-state index contributed by atoms with van der Waals surface area (Å²) >= 11 is 0. The zero-order chi connectivity index (χ0) is 12.3. The van der Waals surface area contributed by atoms with Gasteiger partial charge in [0.2, 0.25) is 5.91 Å². The van der Waals surface area contributed by atoms with Gasteiger partial charge in [0.25, 0.3) is 0 Å². The first-order chi connectivity index (χ1) is 8.16. The van der Waals surface area contributed by atoms with E-state index in [9.17, 15) is 4.79 Å². The first kappa shape index (κ1) is 11.3. The van der Waals surface area contributed by atoms with Gasteiger partial charge < -0.3 is 5.32 Å². The number of pyridine rings is 1. The molecule has 1 atom stereocenters. The first-order valence-electron chi connectivity index (χ1n) is 5.24. The van der Waals surface area contributed by atoms with Gasteiger partial charge in [0.15, 0.2) is 0 Å². The maximum Gasteiger partial charge on any atom is 0.250 e. The van der Waals surface area contributed by atoms with Gasteiger partial charge in [-0.25, -0.2) is 14.6 Å². The summed E-state index contributed by atoms with van der Waals surface area (Å²) in [5.41, 5.74) is 1.05. The van der Waals surface area contributed by atoms with Crippen molar-refractivity contribution >= 4 is 11.7 Å². The number of carbonyl (C=O) groups excluding carboxylic acids is 1. The van der Waals surface area contributed by atoms with E-state index < -0.39 is 6.04 Å². The van der Waals surface area contributed by atoms with E-state index in [4.69, 9.17) is 0 Å². The monoisotopic (exact) mass is 231 g/mol. The minimum absolute atomic E-state index is 0.173. The normalized spacial score (nSPS) is 12.1. The third-order valence-electron chi connectivity index (χ3n) is 2.38. The summed E-state index contributed by atoms with van der Waals surface area (Å²) in [6.07, 6.45) is 4.56. The Morgan fingerprint density at radius 2 is 2.35 bits per heavy atom. The lowest BCUT2D eigenvalue weighted by atomic mass is 10.3. The van der Waals surface area contributed by atoms with Gasteiger partial charge in [0.05, 0.1) is 0 Å². The fraction of sp³-hybridized carbons (Fsp3) is 0.273. The third-order valence-corrected chi connectivity index (χ3v) is 2.38. The number of aromatic nitrogens is 4. The van der Waals surface area contributed by atoms with Crippen LogP contribution in [0.4, 0.5) is 5.82 Å². The van der Waals surface area contributed by atoms with Gasteiger partial charge in [-0.05, 0) is 31.5 Å². The molecule has 2 aromatic heterocycles. The van der Waals surface area contributed by atoms with Gasteiger partial charge >= 0.3 is 0 Å². The van der Waals surface area contributed by atoms with E-state index >= 15 is 0 Å². The third kappa shape index (κ3) is 2.66. The molecule has 0 aliphatic rings. The highest BCUT2D eigenvalue weighted by atomic mass is 16.2. The second-order valence-corrected chi connectivity index (χ2v) is 3.76. The zero-order valence-corrected chi connectivity index (χ0v) is 9.66. The number of carbonyl (C=O) groups is 1. The molecule has 0 aromatic carbocycles. The fourth-order valence-corrected chi connectivity index (χ4v) is 1.37. The Morgan fingerprint density at radius 1 is 1.53 bits per heavy atom. The standard InChI is InChI=1S/C11H13N5O/c1-8-3-4-13-10(5-8)15-11(17)9(2)16-7-12-6-14-16/h3-7,9H,1-2H3,(H,13,15,17). The van der Waals surface area contributed by atoms with Crippen LogP contribution >= 0.6 is 0 Å². The molecule has 1 amide bonds. The molecule has 6 nitrogen and oxygen atoms in total. The number of rotatable bonds is 3. The second-order valence-electron chi connectivity index (χ2n) is 3.76. The quantitative estimate of drug-likeness (QED) is 0.860. The van der Waals surface area contributed by atoms with Crippen LogP contribution in [0.5, 0.6) is 0 Å². The number of anilines is 1. The van der Waals surface area contributed by atoms with Gasteiger partial charge in [-0.2, -0.15) is 5.10 Å². The summed E-state index contributed by atoms with van der Waals surface area (Å²) in [6.45, 7) is 3.69. The van der Waals surface area contributed by atoms with Gasteiger partial charge in [0, 0.05) is 6.20 Å². The van der Waals surface area contributed by atoms with Crippen LogP contribution in [0.3, 0.4) is 0 Å². The molecule has 17 heavy (non-hydrogen) atoms. The topological polar surface area (TPSA) is 72.7 Å². The van der Waals surface area contributed by atoms with Crippen molar-refractivity contribution in [3.05, 3.63) is 36.5 Å². The van der Waals surface area contributed by atoms with Crippen LogP contribution in [0, 0.1) is 6.92 Å². The van der Waals surface area contributed by atoms with E-state index in [2.05, 4.69) is 20.4 Å². The Morgan fingerprint density at radius 3 is 3.00 bits per heavy atom. The summed E-state index contributed by atoms with van der Waals surface area (Å²) in [5, 5.41) is 6.65. The molecular weight excluding hydrogens is 218 g/mol. The van der Waals surface area contributed by atoms with E-state index in [-0.39, 0.29) is 5.91 Å². The zero-order valence-electron chi connectivity index (χ0n) is 9.66. The molecular formula is C11H13N5O. The number of amides is 1. The molecule has 2 rings (SSSR count). The SMILES string of the molecule is Cc1ccnc(NC(=O)C(C)n2cncn2)c1. The number of nitrogens with one attached hydrogen (secondary N) is 1. The van der Waals surface area contributed by atoms with Crippen LogP contribution in [0.1, 0.15) is 18.5 Å². The minimum Gasteiger partial charge on any atom is -0.309 e. The molecule has 1 N–H and O–H groups in total. The van der Waals surface area contributed by atoms with Gasteiger partial charge in [0.1, 0.15) is 24.5 Å². The van der Waals surface area contributed by atoms with E-state index in [0.717, 1.165) is 5.56 Å². The van der Waals surface area contributed by atoms with Crippen molar-refractivity contribution in [2.75, 3.05) is 5.32 Å². The Balaban J connectivity index is 2.07. The van der Waals surface area contributed by atoms with Crippen molar-refractivity contribution in [2.24, 2.45) is 0 Å². The predicted octanol–water partition coefficient (Wildman–Crippen LogP) is 1.18. The van der Waals surface area contributed by atoms with Crippen molar-refractivity contribution in [2.45, 2.75) is 19.9 Å². The summed E-state index contributed by atoms with van der Waals surface area (Å²) in [4.78, 5) is 19.8. The molecule has 0 aliphatic carbocycles. The molecule has 0 bridgehead atoms. The highest BCUT2D eigenvalue weighted by Gasteiger charge is 2.15. The highest BCUT2D eigenvalue weighted by Crippen LogP contribution is 2.09. The molecule has 0 radical (unpaired) electrons. The van der Waals surface area contributed by atoms with Crippen LogP contribution in [-0.2, 0) is 4.79 Å². The van der Waals surface area contributed by atoms with Crippen molar-refractivity contribution in [1.29, 1.82) is 0 Å². The molecule has 2 heterocycles. The van der Waals surface area contributed by atoms with Crippen molar-refractivity contribution in [3.8, 4) is 0 Å². The average molecular weight is 231 g/mol. The lowest BCUT2D eigenvalue weighted by molar-refractivity contribution is -0.119. The molecule has 6 heteroatoms. The van der Waals surface area contributed by atoms with Crippen molar-refractivity contribution in [3.63, 3.8) is 0 Å². The number of hydrogen-bond donors (Lipinski definition) is 1. The summed E-state index contributed by atoms with van der Waals surface area (Å²) in [5.74, 6) is 0.371. The predicted molar refractivity (Wildman–Crippen MR) is 62.3 cm³/mol. The van der Waals surface area contributed by atoms with E-state index in [1.54, 1.807) is 13.1 Å². The van der Waals surface area contributed by atoms with Crippen molar-refractivity contribution in [1.82, 2.24) is 19.7 Å². The average Bonchev–Trinajstić information content (AvgIpc) is 2.81. The fourth-order valence-electron chi connectivity index (χ4n) is 1.37. The maximum atomic E-state index is 11.9. The summed E-state index contributed by atoms with van der Waals surface area (Å²) in [6, 6.07) is 3.27. The Hall–Kier alpha value is -2.24. The van der Waals surface area contributed by atoms with E-state index in [1.165, 1.54) is 17.3 Å². The van der Waals surface area contributed by atoms with Crippen molar-refractivity contribution < 1.29 is 4.79 Å².